The number of nitro benzene ring substituents is 1. The van der Waals surface area contributed by atoms with Gasteiger partial charge in [-0.25, -0.2) is 12.8 Å². The van der Waals surface area contributed by atoms with Gasteiger partial charge in [0.15, 0.2) is 23.1 Å². The van der Waals surface area contributed by atoms with E-state index in [1.54, 1.807) is 18.2 Å². The van der Waals surface area contributed by atoms with Gasteiger partial charge in [-0.1, -0.05) is 12.2 Å². The summed E-state index contributed by atoms with van der Waals surface area (Å²) in [6, 6.07) is 10.4. The third kappa shape index (κ3) is 5.49. The van der Waals surface area contributed by atoms with Crippen LogP contribution < -0.4 is 23.7 Å². The minimum absolute atomic E-state index is 0.179. The number of sulfonamides is 1. The second-order valence-electron chi connectivity index (χ2n) is 7.19. The lowest BCUT2D eigenvalue weighted by atomic mass is 10.1. The van der Waals surface area contributed by atoms with Crippen LogP contribution in [0.2, 0.25) is 0 Å². The molecule has 0 aliphatic rings. The van der Waals surface area contributed by atoms with Gasteiger partial charge in [0.05, 0.1) is 43.9 Å². The highest BCUT2D eigenvalue weighted by Gasteiger charge is 2.22. The van der Waals surface area contributed by atoms with Crippen LogP contribution in [0.1, 0.15) is 11.1 Å². The lowest BCUT2D eigenvalue weighted by Gasteiger charge is -2.14. The lowest BCUT2D eigenvalue weighted by molar-refractivity contribution is -0.384. The molecule has 0 heterocycles. The molecule has 0 amide bonds. The molecular formula is C24H23FN2O8S. The highest BCUT2D eigenvalue weighted by atomic mass is 32.2. The molecule has 190 valence electrons. The van der Waals surface area contributed by atoms with Crippen molar-refractivity contribution in [3.05, 3.63) is 75.6 Å². The molecule has 3 aromatic carbocycles. The Kier molecular flexibility index (Phi) is 8.00. The smallest absolute Gasteiger partial charge is 0.269 e. The first-order chi connectivity index (χ1) is 17.1. The summed E-state index contributed by atoms with van der Waals surface area (Å²) in [4.78, 5) is 9.93. The van der Waals surface area contributed by atoms with Gasteiger partial charge < -0.3 is 18.9 Å². The molecule has 0 unspecified atom stereocenters. The highest BCUT2D eigenvalue weighted by Crippen LogP contribution is 2.39. The largest absolute Gasteiger partial charge is 0.494 e. The summed E-state index contributed by atoms with van der Waals surface area (Å²) in [7, 11) is 1.36. The Morgan fingerprint density at radius 2 is 1.44 bits per heavy atom. The van der Waals surface area contributed by atoms with E-state index in [0.717, 1.165) is 24.3 Å². The number of ether oxygens (including phenoxy) is 4. The summed E-state index contributed by atoms with van der Waals surface area (Å²) >= 11 is 0. The fourth-order valence-corrected chi connectivity index (χ4v) is 4.38. The highest BCUT2D eigenvalue weighted by molar-refractivity contribution is 7.92. The summed E-state index contributed by atoms with van der Waals surface area (Å²) < 4.78 is 64.2. The van der Waals surface area contributed by atoms with Gasteiger partial charge in [-0.2, -0.15) is 0 Å². The summed E-state index contributed by atoms with van der Waals surface area (Å²) in [6.45, 7) is 0. The Hall–Kier alpha value is -4.32. The number of nitro groups is 1. The SMILES string of the molecule is COc1ccc(/C=C\c2cc(OC)c(OC)c(OC)c2)c(NS(=O)(=O)c2ccc([N+](=O)[O-])cc2)c1F. The number of halogens is 1. The molecule has 0 radical (unpaired) electrons. The first-order valence-electron chi connectivity index (χ1n) is 10.3. The van der Waals surface area contributed by atoms with Crippen LogP contribution in [0.15, 0.2) is 53.4 Å². The van der Waals surface area contributed by atoms with E-state index in [2.05, 4.69) is 4.72 Å². The quantitative estimate of drug-likeness (QED) is 0.232. The molecular weight excluding hydrogens is 495 g/mol. The second kappa shape index (κ2) is 11.0. The first-order valence-corrected chi connectivity index (χ1v) is 11.7. The van der Waals surface area contributed by atoms with Gasteiger partial charge in [0.1, 0.15) is 0 Å². The standard InChI is InChI=1S/C24H23FN2O8S/c1-32-19-12-7-16(6-5-15-13-20(33-2)24(35-4)21(14-15)34-3)23(22(19)25)26-36(30,31)18-10-8-17(9-11-18)27(28)29/h5-14,26H,1-4H3/b6-5-. The zero-order valence-electron chi connectivity index (χ0n) is 19.8. The van der Waals surface area contributed by atoms with Crippen LogP contribution in [0.5, 0.6) is 23.0 Å². The van der Waals surface area contributed by atoms with E-state index in [1.807, 2.05) is 0 Å². The number of anilines is 1. The van der Waals surface area contributed by atoms with Gasteiger partial charge >= 0.3 is 0 Å². The first kappa shape index (κ1) is 26.3. The number of rotatable bonds is 10. The van der Waals surface area contributed by atoms with Crippen molar-refractivity contribution in [1.29, 1.82) is 0 Å². The van der Waals surface area contributed by atoms with Crippen molar-refractivity contribution in [1.82, 2.24) is 0 Å². The Morgan fingerprint density at radius 1 is 0.861 bits per heavy atom. The second-order valence-corrected chi connectivity index (χ2v) is 8.88. The molecule has 3 rings (SSSR count). The topological polar surface area (TPSA) is 126 Å². The molecule has 0 spiro atoms. The molecule has 0 fully saturated rings. The van der Waals surface area contributed by atoms with E-state index < -0.39 is 20.8 Å². The van der Waals surface area contributed by atoms with E-state index in [4.69, 9.17) is 18.9 Å². The zero-order valence-corrected chi connectivity index (χ0v) is 20.6. The molecule has 10 nitrogen and oxygen atoms in total. The maximum Gasteiger partial charge on any atom is 0.269 e. The summed E-state index contributed by atoms with van der Waals surface area (Å²) in [6.07, 6.45) is 3.10. The predicted octanol–water partition coefficient (Wildman–Crippen LogP) is 4.74. The van der Waals surface area contributed by atoms with Crippen molar-refractivity contribution in [2.24, 2.45) is 0 Å². The van der Waals surface area contributed by atoms with E-state index in [9.17, 15) is 18.5 Å². The van der Waals surface area contributed by atoms with Crippen LogP contribution in [0.3, 0.4) is 0 Å². The summed E-state index contributed by atoms with van der Waals surface area (Å²) in [5.41, 5.74) is 0.143. The Balaban J connectivity index is 2.04. The molecule has 1 N–H and O–H groups in total. The Labute approximate surface area is 207 Å². The molecule has 36 heavy (non-hydrogen) atoms. The number of nitrogens with one attached hydrogen (secondary N) is 1. The van der Waals surface area contributed by atoms with Gasteiger partial charge in [-0.15, -0.1) is 0 Å². The van der Waals surface area contributed by atoms with Crippen molar-refractivity contribution in [2.75, 3.05) is 33.2 Å². The lowest BCUT2D eigenvalue weighted by Crippen LogP contribution is -2.15. The van der Waals surface area contributed by atoms with Crippen LogP contribution in [0.4, 0.5) is 15.8 Å². The molecule has 0 bridgehead atoms. The van der Waals surface area contributed by atoms with Crippen molar-refractivity contribution in [3.63, 3.8) is 0 Å². The number of benzene rings is 3. The Bertz CT molecular complexity index is 1380. The third-order valence-corrected chi connectivity index (χ3v) is 6.46. The van der Waals surface area contributed by atoms with E-state index in [0.29, 0.717) is 22.8 Å². The third-order valence-electron chi connectivity index (χ3n) is 5.10. The zero-order chi connectivity index (χ0) is 26.5. The van der Waals surface area contributed by atoms with Gasteiger partial charge in [-0.05, 0) is 42.0 Å². The van der Waals surface area contributed by atoms with Gasteiger partial charge in [0.25, 0.3) is 15.7 Å². The molecule has 0 aromatic heterocycles. The van der Waals surface area contributed by atoms with Crippen LogP contribution in [-0.4, -0.2) is 41.8 Å². The molecule has 0 saturated heterocycles. The van der Waals surface area contributed by atoms with Gasteiger partial charge in [0, 0.05) is 17.7 Å². The van der Waals surface area contributed by atoms with Crippen LogP contribution in [0.25, 0.3) is 12.2 Å². The molecule has 0 saturated carbocycles. The number of methoxy groups -OCH3 is 4. The minimum Gasteiger partial charge on any atom is -0.494 e. The van der Waals surface area contributed by atoms with Crippen molar-refractivity contribution >= 4 is 33.6 Å². The Morgan fingerprint density at radius 3 is 1.94 bits per heavy atom. The maximum absolute atomic E-state index is 15.2. The van der Waals surface area contributed by atoms with Crippen LogP contribution in [-0.2, 0) is 10.0 Å². The average molecular weight is 519 g/mol. The van der Waals surface area contributed by atoms with Crippen molar-refractivity contribution in [2.45, 2.75) is 4.90 Å². The summed E-state index contributed by atoms with van der Waals surface area (Å²) in [5, 5.41) is 10.9. The van der Waals surface area contributed by atoms with Crippen LogP contribution in [0, 0.1) is 15.9 Å². The molecule has 0 aliphatic carbocycles. The van der Waals surface area contributed by atoms with Crippen LogP contribution >= 0.6 is 0 Å². The molecule has 0 atom stereocenters. The molecule has 0 aliphatic heterocycles. The average Bonchev–Trinajstić information content (AvgIpc) is 2.88. The van der Waals surface area contributed by atoms with Crippen molar-refractivity contribution in [3.8, 4) is 23.0 Å². The fourth-order valence-electron chi connectivity index (χ4n) is 3.30. The number of non-ortho nitro benzene ring substituents is 1. The van der Waals surface area contributed by atoms with E-state index in [1.165, 1.54) is 46.6 Å². The number of hydrogen-bond acceptors (Lipinski definition) is 8. The summed E-state index contributed by atoms with van der Waals surface area (Å²) in [5.74, 6) is 0.0774. The van der Waals surface area contributed by atoms with E-state index >= 15 is 4.39 Å². The number of hydrogen-bond donors (Lipinski definition) is 1. The normalized spacial score (nSPS) is 11.2. The van der Waals surface area contributed by atoms with Gasteiger partial charge in [0.2, 0.25) is 5.75 Å². The van der Waals surface area contributed by atoms with E-state index in [-0.39, 0.29) is 27.6 Å². The van der Waals surface area contributed by atoms with Gasteiger partial charge in [-0.3, -0.25) is 14.8 Å². The van der Waals surface area contributed by atoms with Crippen molar-refractivity contribution < 1.29 is 36.7 Å². The monoisotopic (exact) mass is 518 g/mol. The molecule has 12 heteroatoms. The number of nitrogens with zero attached hydrogens (tertiary/aromatic N) is 1. The fraction of sp³-hybridized carbons (Fsp3) is 0.167. The molecule has 3 aromatic rings. The minimum atomic E-state index is -4.30. The maximum atomic E-state index is 15.2. The predicted molar refractivity (Wildman–Crippen MR) is 132 cm³/mol.